The van der Waals surface area contributed by atoms with Crippen LogP contribution in [0.1, 0.15) is 218 Å². The largest absolute Gasteiger partial charge is 2.00 e. The molecule has 55 heavy (non-hydrogen) atoms. The standard InChI is InChI=1S/2C23H40O3S.Ca/c2*1-2-3-4-5-6-7-8-9-10-11-12-13-14-15-16-18-22-19-17-20-23(21-22)27(24,25)26;/h2*17,19-21H,2-16,18H2,1H3,(H,24,25,26);/q;;+2/p-2. The van der Waals surface area contributed by atoms with Crippen molar-refractivity contribution in [3.8, 4) is 0 Å². The Balaban J connectivity index is 0.00000104. The Hall–Kier alpha value is -0.480. The Morgan fingerprint density at radius 1 is 0.364 bits per heavy atom. The van der Waals surface area contributed by atoms with Gasteiger partial charge in [0.15, 0.2) is 0 Å². The minimum atomic E-state index is -4.34. The molecule has 0 atom stereocenters. The molecule has 2 aromatic carbocycles. The molecule has 0 aromatic heterocycles. The molecule has 0 aliphatic rings. The van der Waals surface area contributed by atoms with E-state index in [2.05, 4.69) is 13.8 Å². The van der Waals surface area contributed by atoms with E-state index >= 15 is 0 Å². The molecular weight excluding hydrogens is 753 g/mol. The number of unbranched alkanes of at least 4 members (excludes halogenated alkanes) is 28. The van der Waals surface area contributed by atoms with Gasteiger partial charge < -0.3 is 9.11 Å². The first-order valence-corrected chi connectivity index (χ1v) is 25.0. The predicted octanol–water partition coefficient (Wildman–Crippen LogP) is 13.6. The van der Waals surface area contributed by atoms with Crippen LogP contribution in [-0.2, 0) is 33.1 Å². The average Bonchev–Trinajstić information content (AvgIpc) is 3.14. The van der Waals surface area contributed by atoms with E-state index in [-0.39, 0.29) is 47.5 Å². The quantitative estimate of drug-likeness (QED) is 0.0394. The van der Waals surface area contributed by atoms with E-state index in [1.807, 2.05) is 12.1 Å². The second kappa shape index (κ2) is 36.6. The zero-order valence-corrected chi connectivity index (χ0v) is 39.1. The van der Waals surface area contributed by atoms with E-state index in [1.54, 1.807) is 12.1 Å². The molecule has 0 heterocycles. The van der Waals surface area contributed by atoms with Crippen LogP contribution in [0.4, 0.5) is 0 Å². The topological polar surface area (TPSA) is 114 Å². The Kier molecular flexibility index (Phi) is 36.3. The molecule has 0 saturated carbocycles. The summed E-state index contributed by atoms with van der Waals surface area (Å²) in [4.78, 5) is -0.220. The second-order valence-corrected chi connectivity index (χ2v) is 18.4. The Morgan fingerprint density at radius 3 is 0.800 bits per heavy atom. The summed E-state index contributed by atoms with van der Waals surface area (Å²) in [6.07, 6.45) is 41.8. The molecule has 0 unspecified atom stereocenters. The Labute approximate surface area is 369 Å². The number of benzene rings is 2. The van der Waals surface area contributed by atoms with E-state index in [9.17, 15) is 25.9 Å². The smallest absolute Gasteiger partial charge is 0.744 e. The van der Waals surface area contributed by atoms with Crippen LogP contribution in [0.5, 0.6) is 0 Å². The van der Waals surface area contributed by atoms with Crippen molar-refractivity contribution in [3.63, 3.8) is 0 Å². The Morgan fingerprint density at radius 2 is 0.582 bits per heavy atom. The summed E-state index contributed by atoms with van der Waals surface area (Å²) in [7, 11) is -8.67. The van der Waals surface area contributed by atoms with Gasteiger partial charge in [-0.05, 0) is 61.1 Å². The van der Waals surface area contributed by atoms with Gasteiger partial charge in [-0.1, -0.05) is 218 Å². The SMILES string of the molecule is CCCCCCCCCCCCCCCCCc1cccc(S(=O)(=O)[O-])c1.CCCCCCCCCCCCCCCCCc1cccc(S(=O)(=O)[O-])c1.[Ca+2]. The van der Waals surface area contributed by atoms with Gasteiger partial charge in [0, 0.05) is 0 Å². The molecule has 312 valence electrons. The van der Waals surface area contributed by atoms with Crippen molar-refractivity contribution in [1.82, 2.24) is 0 Å². The minimum absolute atomic E-state index is 0. The van der Waals surface area contributed by atoms with E-state index < -0.39 is 20.2 Å². The summed E-state index contributed by atoms with van der Waals surface area (Å²) < 4.78 is 66.3. The van der Waals surface area contributed by atoms with Crippen molar-refractivity contribution in [2.45, 2.75) is 229 Å². The maximum Gasteiger partial charge on any atom is 2.00 e. The predicted molar refractivity (Wildman–Crippen MR) is 232 cm³/mol. The summed E-state index contributed by atoms with van der Waals surface area (Å²) in [5.41, 5.74) is 1.89. The maximum absolute atomic E-state index is 11.0. The van der Waals surface area contributed by atoms with E-state index in [4.69, 9.17) is 0 Å². The van der Waals surface area contributed by atoms with Gasteiger partial charge in [0.05, 0.1) is 9.79 Å². The molecule has 2 aromatic rings. The molecule has 6 nitrogen and oxygen atoms in total. The van der Waals surface area contributed by atoms with Crippen LogP contribution in [0.2, 0.25) is 0 Å². The van der Waals surface area contributed by atoms with Crippen molar-refractivity contribution in [3.05, 3.63) is 59.7 Å². The second-order valence-electron chi connectivity index (χ2n) is 15.6. The molecule has 0 fully saturated rings. The molecule has 0 radical (unpaired) electrons. The number of aryl methyl sites for hydroxylation is 2. The third kappa shape index (κ3) is 33.1. The normalized spacial score (nSPS) is 11.6. The van der Waals surface area contributed by atoms with Gasteiger partial charge >= 0.3 is 37.7 Å². The number of rotatable bonds is 34. The van der Waals surface area contributed by atoms with E-state index in [1.165, 1.54) is 204 Å². The molecule has 9 heteroatoms. The van der Waals surface area contributed by atoms with Crippen LogP contribution in [0, 0.1) is 0 Å². The molecule has 2 rings (SSSR count). The molecule has 0 aliphatic heterocycles. The fourth-order valence-electron chi connectivity index (χ4n) is 7.11. The van der Waals surface area contributed by atoms with Gasteiger partial charge in [0.25, 0.3) is 0 Å². The monoisotopic (exact) mass is 830 g/mol. The van der Waals surface area contributed by atoms with Gasteiger partial charge in [-0.25, -0.2) is 16.8 Å². The van der Waals surface area contributed by atoms with Gasteiger partial charge in [-0.3, -0.25) is 0 Å². The third-order valence-corrected chi connectivity index (χ3v) is 12.2. The van der Waals surface area contributed by atoms with Crippen molar-refractivity contribution in [2.75, 3.05) is 0 Å². The fourth-order valence-corrected chi connectivity index (χ4v) is 8.20. The maximum atomic E-state index is 11.0. The summed E-state index contributed by atoms with van der Waals surface area (Å²) in [5.74, 6) is 0. The van der Waals surface area contributed by atoms with Crippen LogP contribution in [-0.4, -0.2) is 63.7 Å². The van der Waals surface area contributed by atoms with Crippen LogP contribution in [0.25, 0.3) is 0 Å². The zero-order chi connectivity index (χ0) is 39.6. The third-order valence-electron chi connectivity index (χ3n) is 10.5. The first-order valence-electron chi connectivity index (χ1n) is 22.2. The average molecular weight is 831 g/mol. The minimum Gasteiger partial charge on any atom is -0.744 e. The summed E-state index contributed by atoms with van der Waals surface area (Å²) in [6.45, 7) is 4.53. The zero-order valence-electron chi connectivity index (χ0n) is 35.2. The summed E-state index contributed by atoms with van der Waals surface area (Å²) in [5, 5.41) is 0. The molecule has 0 aliphatic carbocycles. The van der Waals surface area contributed by atoms with Gasteiger partial charge in [-0.15, -0.1) is 0 Å². The van der Waals surface area contributed by atoms with Gasteiger partial charge in [0.1, 0.15) is 20.2 Å². The van der Waals surface area contributed by atoms with Crippen LogP contribution in [0.15, 0.2) is 58.3 Å². The first-order chi connectivity index (χ1) is 26.1. The molecular formula is C46H78CaO6S2. The molecule has 0 spiro atoms. The molecule has 0 amide bonds. The summed E-state index contributed by atoms with van der Waals surface area (Å²) in [6, 6.07) is 12.9. The van der Waals surface area contributed by atoms with Gasteiger partial charge in [-0.2, -0.15) is 0 Å². The fraction of sp³-hybridized carbons (Fsp3) is 0.739. The molecule has 0 bridgehead atoms. The number of hydrogen-bond acceptors (Lipinski definition) is 6. The van der Waals surface area contributed by atoms with E-state index in [0.29, 0.717) is 0 Å². The van der Waals surface area contributed by atoms with Gasteiger partial charge in [0.2, 0.25) is 0 Å². The summed E-state index contributed by atoms with van der Waals surface area (Å²) >= 11 is 0. The first kappa shape index (κ1) is 54.5. The van der Waals surface area contributed by atoms with Crippen molar-refractivity contribution in [1.29, 1.82) is 0 Å². The number of hydrogen-bond donors (Lipinski definition) is 0. The van der Waals surface area contributed by atoms with Crippen LogP contribution >= 0.6 is 0 Å². The van der Waals surface area contributed by atoms with Crippen molar-refractivity contribution >= 4 is 58.0 Å². The van der Waals surface area contributed by atoms with Crippen molar-refractivity contribution in [2.24, 2.45) is 0 Å². The molecule has 0 N–H and O–H groups in total. The van der Waals surface area contributed by atoms with Crippen molar-refractivity contribution < 1.29 is 25.9 Å². The van der Waals surface area contributed by atoms with Crippen LogP contribution in [0.3, 0.4) is 0 Å². The van der Waals surface area contributed by atoms with Crippen LogP contribution < -0.4 is 0 Å². The van der Waals surface area contributed by atoms with E-state index in [0.717, 1.165) is 36.8 Å². The Bertz CT molecular complexity index is 1270. The molecule has 0 saturated heterocycles.